The Morgan fingerprint density at radius 3 is 2.80 bits per heavy atom. The Morgan fingerprint density at radius 2 is 2.05 bits per heavy atom. The third-order valence-corrected chi connectivity index (χ3v) is 4.47. The summed E-state index contributed by atoms with van der Waals surface area (Å²) in [4.78, 5) is 7.01. The molecule has 1 aromatic rings. The molecule has 0 amide bonds. The predicted molar refractivity (Wildman–Crippen MR) is 77.8 cm³/mol. The van der Waals surface area contributed by atoms with Crippen LogP contribution in [0, 0.1) is 11.3 Å². The minimum absolute atomic E-state index is 0.435. The van der Waals surface area contributed by atoms with E-state index in [9.17, 15) is 5.26 Å². The molecule has 4 nitrogen and oxygen atoms in total. The highest BCUT2D eigenvalue weighted by atomic mass is 16.5. The van der Waals surface area contributed by atoms with Gasteiger partial charge in [-0.15, -0.1) is 0 Å². The summed E-state index contributed by atoms with van der Waals surface area (Å²) in [6.45, 7) is 1.61. The minimum atomic E-state index is 0.435. The molecule has 0 atom stereocenters. The fourth-order valence-electron chi connectivity index (χ4n) is 3.22. The van der Waals surface area contributed by atoms with Gasteiger partial charge in [-0.3, -0.25) is 0 Å². The number of aromatic nitrogens is 1. The van der Waals surface area contributed by atoms with E-state index >= 15 is 0 Å². The highest BCUT2D eigenvalue weighted by molar-refractivity contribution is 5.56. The molecular weight excluding hydrogens is 250 g/mol. The first-order valence-corrected chi connectivity index (χ1v) is 7.53. The van der Waals surface area contributed by atoms with Crippen molar-refractivity contribution in [3.63, 3.8) is 0 Å². The molecule has 2 heterocycles. The molecule has 1 aliphatic carbocycles. The van der Waals surface area contributed by atoms with Crippen LogP contribution in [0.4, 0.5) is 5.82 Å². The lowest BCUT2D eigenvalue weighted by molar-refractivity contribution is 0.0853. The Morgan fingerprint density at radius 1 is 1.30 bits per heavy atom. The second kappa shape index (κ2) is 5.80. The summed E-state index contributed by atoms with van der Waals surface area (Å²) in [5, 5.41) is 9.43. The summed E-state index contributed by atoms with van der Waals surface area (Å²) in [5.74, 6) is 0.861. The van der Waals surface area contributed by atoms with Gasteiger partial charge in [0, 0.05) is 32.0 Å². The summed E-state index contributed by atoms with van der Waals surface area (Å²) >= 11 is 0. The van der Waals surface area contributed by atoms with Crippen molar-refractivity contribution in [1.29, 1.82) is 5.26 Å². The van der Waals surface area contributed by atoms with Gasteiger partial charge in [-0.2, -0.15) is 5.26 Å². The van der Waals surface area contributed by atoms with Crippen LogP contribution < -0.4 is 4.90 Å². The lowest BCUT2D eigenvalue weighted by Gasteiger charge is -2.33. The number of hydrogen-bond donors (Lipinski definition) is 0. The molecule has 20 heavy (non-hydrogen) atoms. The monoisotopic (exact) mass is 271 g/mol. The zero-order chi connectivity index (χ0) is 13.9. The quantitative estimate of drug-likeness (QED) is 0.829. The van der Waals surface area contributed by atoms with Gasteiger partial charge in [0.05, 0.1) is 5.56 Å². The van der Waals surface area contributed by atoms with E-state index in [4.69, 9.17) is 9.72 Å². The number of nitriles is 1. The van der Waals surface area contributed by atoms with Crippen LogP contribution >= 0.6 is 0 Å². The first kappa shape index (κ1) is 13.4. The Kier molecular flexibility index (Phi) is 3.88. The molecule has 0 saturated carbocycles. The molecule has 3 rings (SSSR count). The minimum Gasteiger partial charge on any atom is -0.381 e. The van der Waals surface area contributed by atoms with Crippen molar-refractivity contribution in [3.8, 4) is 6.07 Å². The number of nitrogens with zero attached hydrogens (tertiary/aromatic N) is 3. The molecular formula is C16H21N3O. The number of hydrogen-bond acceptors (Lipinski definition) is 4. The van der Waals surface area contributed by atoms with Crippen molar-refractivity contribution < 1.29 is 4.74 Å². The van der Waals surface area contributed by atoms with Crippen LogP contribution in [0.3, 0.4) is 0 Å². The highest BCUT2D eigenvalue weighted by Crippen LogP contribution is 2.28. The van der Waals surface area contributed by atoms with E-state index in [1.54, 1.807) is 0 Å². The summed E-state index contributed by atoms with van der Waals surface area (Å²) < 4.78 is 5.42. The van der Waals surface area contributed by atoms with Gasteiger partial charge in [0.2, 0.25) is 0 Å². The van der Waals surface area contributed by atoms with E-state index in [1.807, 2.05) is 0 Å². The Hall–Kier alpha value is -1.60. The zero-order valence-corrected chi connectivity index (χ0v) is 12.1. The molecule has 2 aliphatic rings. The van der Waals surface area contributed by atoms with E-state index in [2.05, 4.69) is 24.1 Å². The van der Waals surface area contributed by atoms with Crippen LogP contribution in [-0.4, -0.2) is 31.3 Å². The molecule has 1 fully saturated rings. The molecule has 1 saturated heterocycles. The Bertz CT molecular complexity index is 529. The van der Waals surface area contributed by atoms with Gasteiger partial charge in [-0.1, -0.05) is 0 Å². The van der Waals surface area contributed by atoms with Crippen molar-refractivity contribution >= 4 is 5.82 Å². The largest absolute Gasteiger partial charge is 0.381 e. The van der Waals surface area contributed by atoms with Crippen LogP contribution in [0.5, 0.6) is 0 Å². The number of anilines is 1. The molecule has 0 bridgehead atoms. The third kappa shape index (κ3) is 2.51. The van der Waals surface area contributed by atoms with Crippen molar-refractivity contribution in [2.45, 2.75) is 44.6 Å². The predicted octanol–water partition coefficient (Wildman–Crippen LogP) is 2.45. The number of rotatable bonds is 2. The molecule has 0 N–H and O–H groups in total. The normalized spacial score (nSPS) is 19.2. The smallest absolute Gasteiger partial charge is 0.146 e. The second-order valence-electron chi connectivity index (χ2n) is 5.74. The van der Waals surface area contributed by atoms with Gasteiger partial charge in [-0.05, 0) is 50.2 Å². The van der Waals surface area contributed by atoms with E-state index in [-0.39, 0.29) is 0 Å². The van der Waals surface area contributed by atoms with E-state index < -0.39 is 0 Å². The first-order chi connectivity index (χ1) is 9.79. The van der Waals surface area contributed by atoms with Crippen LogP contribution in [0.15, 0.2) is 6.07 Å². The molecule has 0 unspecified atom stereocenters. The van der Waals surface area contributed by atoms with Crippen LogP contribution in [0.1, 0.15) is 42.5 Å². The van der Waals surface area contributed by atoms with Crippen molar-refractivity contribution in [1.82, 2.24) is 4.98 Å². The summed E-state index contributed by atoms with van der Waals surface area (Å²) in [5.41, 5.74) is 3.20. The zero-order valence-electron chi connectivity index (χ0n) is 12.1. The van der Waals surface area contributed by atoms with Crippen LogP contribution in [0.25, 0.3) is 0 Å². The lowest BCUT2D eigenvalue weighted by atomic mass is 9.94. The third-order valence-electron chi connectivity index (χ3n) is 4.47. The van der Waals surface area contributed by atoms with Gasteiger partial charge in [0.25, 0.3) is 0 Å². The second-order valence-corrected chi connectivity index (χ2v) is 5.74. The summed E-state index contributed by atoms with van der Waals surface area (Å²) in [6.07, 6.45) is 6.58. The molecule has 0 spiro atoms. The average Bonchev–Trinajstić information content (AvgIpc) is 2.53. The van der Waals surface area contributed by atoms with Gasteiger partial charge in [-0.25, -0.2) is 4.98 Å². The summed E-state index contributed by atoms with van der Waals surface area (Å²) in [7, 11) is 2.06. The fraction of sp³-hybridized carbons (Fsp3) is 0.625. The lowest BCUT2D eigenvalue weighted by Crippen LogP contribution is -2.37. The van der Waals surface area contributed by atoms with Gasteiger partial charge >= 0.3 is 0 Å². The van der Waals surface area contributed by atoms with Crippen molar-refractivity contribution in [3.05, 3.63) is 22.9 Å². The number of pyridine rings is 1. The number of aryl methyl sites for hydroxylation is 2. The fourth-order valence-corrected chi connectivity index (χ4v) is 3.22. The topological polar surface area (TPSA) is 49.2 Å². The van der Waals surface area contributed by atoms with Gasteiger partial charge in [0.1, 0.15) is 11.9 Å². The molecule has 106 valence electrons. The van der Waals surface area contributed by atoms with E-state index in [1.165, 1.54) is 24.1 Å². The first-order valence-electron chi connectivity index (χ1n) is 7.53. The van der Waals surface area contributed by atoms with Gasteiger partial charge < -0.3 is 9.64 Å². The molecule has 0 radical (unpaired) electrons. The van der Waals surface area contributed by atoms with Crippen LogP contribution in [-0.2, 0) is 17.6 Å². The van der Waals surface area contributed by atoms with E-state index in [0.717, 1.165) is 50.3 Å². The maximum Gasteiger partial charge on any atom is 0.146 e. The number of ether oxygens (including phenoxy) is 1. The Balaban J connectivity index is 1.93. The Labute approximate surface area is 120 Å². The van der Waals surface area contributed by atoms with Crippen molar-refractivity contribution in [2.24, 2.45) is 0 Å². The maximum absolute atomic E-state index is 9.43. The van der Waals surface area contributed by atoms with Crippen molar-refractivity contribution in [2.75, 3.05) is 25.2 Å². The van der Waals surface area contributed by atoms with Crippen LogP contribution in [0.2, 0.25) is 0 Å². The molecule has 4 heteroatoms. The molecule has 1 aromatic heterocycles. The molecule has 1 aliphatic heterocycles. The highest BCUT2D eigenvalue weighted by Gasteiger charge is 2.23. The number of fused-ring (bicyclic) bond motifs is 1. The molecule has 0 aromatic carbocycles. The average molecular weight is 271 g/mol. The summed E-state index contributed by atoms with van der Waals surface area (Å²) in [6, 6.07) is 4.83. The maximum atomic E-state index is 9.43. The van der Waals surface area contributed by atoms with E-state index in [0.29, 0.717) is 6.04 Å². The SMILES string of the molecule is CN(c1nc2c(cc1C#N)CCCC2)C1CCOCC1. The van der Waals surface area contributed by atoms with Gasteiger partial charge in [0.15, 0.2) is 0 Å². The standard InChI is InChI=1S/C16H21N3O/c1-19(14-6-8-20-9-7-14)16-13(11-17)10-12-4-2-3-5-15(12)18-16/h10,14H,2-9H2,1H3.